The monoisotopic (exact) mass is 276 g/mol. The second-order valence-corrected chi connectivity index (χ2v) is 6.70. The van der Waals surface area contributed by atoms with Gasteiger partial charge in [-0.25, -0.2) is 4.79 Å². The van der Waals surface area contributed by atoms with Crippen LogP contribution in [0, 0.1) is 5.41 Å². The van der Waals surface area contributed by atoms with Crippen molar-refractivity contribution in [1.29, 1.82) is 0 Å². The molecule has 3 fully saturated rings. The van der Waals surface area contributed by atoms with Gasteiger partial charge in [0.1, 0.15) is 5.60 Å². The Bertz CT molecular complexity index is 319. The number of carbonyl (C=O) groups excluding carboxylic acids is 1. The van der Waals surface area contributed by atoms with Crippen LogP contribution in [0.4, 0.5) is 4.79 Å². The number of alkyl carbamates (subject to hydrolysis) is 1. The number of carbonyl (C=O) groups is 1. The van der Waals surface area contributed by atoms with Crippen molar-refractivity contribution in [2.45, 2.75) is 58.1 Å². The molecule has 2 saturated heterocycles. The predicted octanol–water partition coefficient (Wildman–Crippen LogP) is 2.47. The van der Waals surface area contributed by atoms with Crippen molar-refractivity contribution < 1.29 is 9.53 Å². The fraction of sp³-hybridized carbons (Fsp3) is 0.923. The van der Waals surface area contributed by atoms with Gasteiger partial charge in [0.2, 0.25) is 0 Å². The van der Waals surface area contributed by atoms with E-state index in [1.165, 1.54) is 19.3 Å². The zero-order valence-corrected chi connectivity index (χ0v) is 12.6. The quantitative estimate of drug-likeness (QED) is 0.833. The maximum Gasteiger partial charge on any atom is 0.407 e. The van der Waals surface area contributed by atoms with E-state index in [4.69, 9.17) is 4.74 Å². The summed E-state index contributed by atoms with van der Waals surface area (Å²) in [4.78, 5) is 11.6. The molecule has 3 aliphatic rings. The number of hydrogen-bond acceptors (Lipinski definition) is 3. The Labute approximate surface area is 116 Å². The number of rotatable bonds is 3. The van der Waals surface area contributed by atoms with Crippen molar-refractivity contribution in [1.82, 2.24) is 10.6 Å². The van der Waals surface area contributed by atoms with Gasteiger partial charge in [-0.3, -0.25) is 0 Å². The van der Waals surface area contributed by atoms with Gasteiger partial charge in [0, 0.05) is 18.6 Å². The molecule has 3 rings (SSSR count). The van der Waals surface area contributed by atoms with Crippen molar-refractivity contribution in [3.05, 3.63) is 0 Å². The molecule has 2 N–H and O–H groups in total. The molecule has 106 valence electrons. The second-order valence-electron chi connectivity index (χ2n) is 6.70. The molecular weight excluding hydrogens is 252 g/mol. The molecule has 0 unspecified atom stereocenters. The molecule has 1 aliphatic carbocycles. The Morgan fingerprint density at radius 1 is 1.39 bits per heavy atom. The lowest BCUT2D eigenvalue weighted by Gasteiger charge is -2.46. The highest BCUT2D eigenvalue weighted by Crippen LogP contribution is 2.55. The summed E-state index contributed by atoms with van der Waals surface area (Å²) in [6.07, 6.45) is 3.29. The number of hydrogen-bond donors (Lipinski definition) is 2. The Morgan fingerprint density at radius 2 is 2.00 bits per heavy atom. The van der Waals surface area contributed by atoms with Gasteiger partial charge in [-0.1, -0.05) is 6.92 Å². The Balaban J connectivity index is 0.00000162. The number of fused-ring (bicyclic) bond motifs is 1. The first-order valence-corrected chi connectivity index (χ1v) is 6.50. The molecule has 0 aromatic rings. The lowest BCUT2D eigenvalue weighted by Crippen LogP contribution is -2.55. The molecule has 0 radical (unpaired) electrons. The summed E-state index contributed by atoms with van der Waals surface area (Å²) in [6.45, 7) is 9.67. The standard InChI is InChI=1S/C13H24N2O2.ClH/c1-5-12-6-13(7-12,15-8-12)9-14-10(16)17-11(2,3)4;/h15H,5-9H2,1-4H3,(H,14,16);1H. The van der Waals surface area contributed by atoms with Crippen LogP contribution < -0.4 is 10.6 Å². The van der Waals surface area contributed by atoms with Gasteiger partial charge >= 0.3 is 6.09 Å². The number of nitrogens with one attached hydrogen (secondary N) is 2. The SMILES string of the molecule is CCC12CNC(CNC(=O)OC(C)(C)C)(C1)C2.Cl. The summed E-state index contributed by atoms with van der Waals surface area (Å²) in [5, 5.41) is 6.42. The van der Waals surface area contributed by atoms with E-state index in [0.717, 1.165) is 6.54 Å². The maximum absolute atomic E-state index is 11.6. The smallest absolute Gasteiger partial charge is 0.407 e. The third-order valence-corrected chi connectivity index (χ3v) is 3.99. The molecule has 2 aliphatic heterocycles. The van der Waals surface area contributed by atoms with Crippen molar-refractivity contribution >= 4 is 18.5 Å². The van der Waals surface area contributed by atoms with E-state index < -0.39 is 5.60 Å². The van der Waals surface area contributed by atoms with Gasteiger partial charge in [0.25, 0.3) is 0 Å². The fourth-order valence-corrected chi connectivity index (χ4v) is 3.13. The van der Waals surface area contributed by atoms with Crippen LogP contribution in [-0.4, -0.2) is 30.3 Å². The van der Waals surface area contributed by atoms with E-state index in [9.17, 15) is 4.79 Å². The minimum absolute atomic E-state index is 0. The summed E-state index contributed by atoms with van der Waals surface area (Å²) in [5.74, 6) is 0. The molecule has 2 bridgehead atoms. The average Bonchev–Trinajstić information content (AvgIpc) is 2.67. The zero-order valence-electron chi connectivity index (χ0n) is 11.8. The van der Waals surface area contributed by atoms with Crippen LogP contribution in [0.5, 0.6) is 0 Å². The average molecular weight is 277 g/mol. The molecule has 0 atom stereocenters. The summed E-state index contributed by atoms with van der Waals surface area (Å²) in [5.41, 5.74) is 0.236. The van der Waals surface area contributed by atoms with Crippen molar-refractivity contribution in [2.75, 3.05) is 13.1 Å². The third-order valence-electron chi connectivity index (χ3n) is 3.99. The molecule has 18 heavy (non-hydrogen) atoms. The normalized spacial score (nSPS) is 33.3. The highest BCUT2D eigenvalue weighted by molar-refractivity contribution is 5.85. The molecule has 4 nitrogen and oxygen atoms in total. The first kappa shape index (κ1) is 15.6. The van der Waals surface area contributed by atoms with Gasteiger partial charge in [-0.05, 0) is 45.4 Å². The lowest BCUT2D eigenvalue weighted by atomic mass is 9.61. The van der Waals surface area contributed by atoms with Gasteiger partial charge in [0.15, 0.2) is 0 Å². The topological polar surface area (TPSA) is 50.4 Å². The Kier molecular flexibility index (Phi) is 4.23. The molecule has 1 amide bonds. The molecule has 0 spiro atoms. The van der Waals surface area contributed by atoms with Crippen molar-refractivity contribution in [2.24, 2.45) is 5.41 Å². The molecular formula is C13H25ClN2O2. The van der Waals surface area contributed by atoms with Gasteiger partial charge < -0.3 is 15.4 Å². The maximum atomic E-state index is 11.6. The number of halogens is 1. The van der Waals surface area contributed by atoms with Crippen LogP contribution in [0.1, 0.15) is 47.0 Å². The van der Waals surface area contributed by atoms with Gasteiger partial charge in [0.05, 0.1) is 0 Å². The van der Waals surface area contributed by atoms with Gasteiger partial charge in [-0.2, -0.15) is 0 Å². The summed E-state index contributed by atoms with van der Waals surface area (Å²) in [6, 6.07) is 0. The van der Waals surface area contributed by atoms with Gasteiger partial charge in [-0.15, -0.1) is 12.4 Å². The van der Waals surface area contributed by atoms with Crippen LogP contribution in [-0.2, 0) is 4.74 Å². The summed E-state index contributed by atoms with van der Waals surface area (Å²) >= 11 is 0. The highest BCUT2D eigenvalue weighted by atomic mass is 35.5. The van der Waals surface area contributed by atoms with Crippen LogP contribution in [0.2, 0.25) is 0 Å². The minimum atomic E-state index is -0.419. The van der Waals surface area contributed by atoms with Crippen molar-refractivity contribution in [3.63, 3.8) is 0 Å². The predicted molar refractivity (Wildman–Crippen MR) is 74.2 cm³/mol. The highest BCUT2D eigenvalue weighted by Gasteiger charge is 2.59. The Hall–Kier alpha value is -0.480. The van der Waals surface area contributed by atoms with E-state index in [-0.39, 0.29) is 24.0 Å². The summed E-state index contributed by atoms with van der Waals surface area (Å²) < 4.78 is 5.23. The van der Waals surface area contributed by atoms with Crippen LogP contribution >= 0.6 is 12.4 Å². The number of ether oxygens (including phenoxy) is 1. The lowest BCUT2D eigenvalue weighted by molar-refractivity contribution is 0.0461. The largest absolute Gasteiger partial charge is 0.444 e. The van der Waals surface area contributed by atoms with Crippen LogP contribution in [0.15, 0.2) is 0 Å². The number of amides is 1. The van der Waals surface area contributed by atoms with E-state index in [0.29, 0.717) is 12.0 Å². The van der Waals surface area contributed by atoms with E-state index in [1.54, 1.807) is 0 Å². The molecule has 0 aromatic carbocycles. The second kappa shape index (κ2) is 4.89. The molecule has 5 heteroatoms. The van der Waals surface area contributed by atoms with E-state index in [1.807, 2.05) is 20.8 Å². The van der Waals surface area contributed by atoms with Crippen LogP contribution in [0.25, 0.3) is 0 Å². The first-order chi connectivity index (χ1) is 7.78. The summed E-state index contributed by atoms with van der Waals surface area (Å²) in [7, 11) is 0. The van der Waals surface area contributed by atoms with Crippen molar-refractivity contribution in [3.8, 4) is 0 Å². The Morgan fingerprint density at radius 3 is 2.44 bits per heavy atom. The molecule has 1 saturated carbocycles. The minimum Gasteiger partial charge on any atom is -0.444 e. The first-order valence-electron chi connectivity index (χ1n) is 6.50. The molecule has 0 aromatic heterocycles. The third kappa shape index (κ3) is 3.09. The zero-order chi connectivity index (χ0) is 12.7. The fourth-order valence-electron chi connectivity index (χ4n) is 3.13. The van der Waals surface area contributed by atoms with E-state index >= 15 is 0 Å². The van der Waals surface area contributed by atoms with Crippen LogP contribution in [0.3, 0.4) is 0 Å². The van der Waals surface area contributed by atoms with E-state index in [2.05, 4.69) is 17.6 Å². The molecule has 2 heterocycles.